The van der Waals surface area contributed by atoms with Crippen molar-refractivity contribution in [1.29, 1.82) is 0 Å². The summed E-state index contributed by atoms with van der Waals surface area (Å²) in [7, 11) is 1.30. The molecule has 0 aliphatic rings. The largest absolute Gasteiger partial charge is 0.492 e. The maximum Gasteiger partial charge on any atom is 0.360 e. The number of nitrogens with zero attached hydrogens (tertiary/aromatic N) is 3. The van der Waals surface area contributed by atoms with Crippen LogP contribution in [0.1, 0.15) is 23.1 Å². The highest BCUT2D eigenvalue weighted by Gasteiger charge is 2.18. The van der Waals surface area contributed by atoms with Gasteiger partial charge in [0.25, 0.3) is 0 Å². The number of methoxy groups -OCH3 is 1. The number of carbonyl (C=O) groups excluding carboxylic acids is 1. The number of carbonyl (C=O) groups is 1. The molecule has 2 rings (SSSR count). The van der Waals surface area contributed by atoms with Gasteiger partial charge >= 0.3 is 5.97 Å². The van der Waals surface area contributed by atoms with Crippen molar-refractivity contribution in [3.05, 3.63) is 41.5 Å². The van der Waals surface area contributed by atoms with Crippen LogP contribution in [-0.2, 0) is 17.7 Å². The molecule has 0 aliphatic carbocycles. The minimum atomic E-state index is -0.502. The van der Waals surface area contributed by atoms with Crippen molar-refractivity contribution < 1.29 is 18.7 Å². The number of ether oxygens (including phenoxy) is 2. The number of rotatable bonds is 6. The lowest BCUT2D eigenvalue weighted by molar-refractivity contribution is 0.0592. The maximum absolute atomic E-state index is 12.8. The van der Waals surface area contributed by atoms with Gasteiger partial charge in [0.15, 0.2) is 5.69 Å². The molecule has 0 N–H and O–H groups in total. The van der Waals surface area contributed by atoms with E-state index in [0.717, 1.165) is 0 Å². The van der Waals surface area contributed by atoms with Crippen molar-refractivity contribution in [2.45, 2.75) is 19.9 Å². The molecule has 1 aromatic heterocycles. The molecule has 1 aromatic carbocycles. The second-order valence-electron chi connectivity index (χ2n) is 4.26. The number of hydrogen-bond acceptors (Lipinski definition) is 5. The van der Waals surface area contributed by atoms with Gasteiger partial charge in [0.1, 0.15) is 18.2 Å². The van der Waals surface area contributed by atoms with Crippen LogP contribution < -0.4 is 4.74 Å². The third kappa shape index (κ3) is 3.56. The number of halogens is 1. The monoisotopic (exact) mass is 293 g/mol. The quantitative estimate of drug-likeness (QED) is 0.760. The van der Waals surface area contributed by atoms with Gasteiger partial charge in [-0.2, -0.15) is 0 Å². The molecule has 112 valence electrons. The SMILES string of the molecule is CCc1c(C(=O)OC)nnn1CCOc1ccc(F)cc1. The fourth-order valence-electron chi connectivity index (χ4n) is 1.90. The molecule has 7 heteroatoms. The van der Waals surface area contributed by atoms with Gasteiger partial charge in [-0.15, -0.1) is 5.10 Å². The molecule has 1 heterocycles. The summed E-state index contributed by atoms with van der Waals surface area (Å²) in [5.74, 6) is -0.241. The van der Waals surface area contributed by atoms with Crippen LogP contribution in [0, 0.1) is 5.82 Å². The van der Waals surface area contributed by atoms with Gasteiger partial charge in [-0.05, 0) is 30.7 Å². The molecule has 0 fully saturated rings. The van der Waals surface area contributed by atoms with E-state index in [1.54, 1.807) is 16.8 Å². The number of hydrogen-bond donors (Lipinski definition) is 0. The smallest absolute Gasteiger partial charge is 0.360 e. The van der Waals surface area contributed by atoms with Gasteiger partial charge in [-0.3, -0.25) is 0 Å². The molecule has 0 unspecified atom stereocenters. The minimum absolute atomic E-state index is 0.224. The van der Waals surface area contributed by atoms with Crippen LogP contribution in [0.2, 0.25) is 0 Å². The van der Waals surface area contributed by atoms with Crippen molar-refractivity contribution in [2.24, 2.45) is 0 Å². The van der Waals surface area contributed by atoms with E-state index >= 15 is 0 Å². The highest BCUT2D eigenvalue weighted by Crippen LogP contribution is 2.12. The summed E-state index contributed by atoms with van der Waals surface area (Å²) in [6, 6.07) is 5.77. The zero-order chi connectivity index (χ0) is 15.2. The van der Waals surface area contributed by atoms with Crippen molar-refractivity contribution in [1.82, 2.24) is 15.0 Å². The lowest BCUT2D eigenvalue weighted by atomic mass is 10.2. The van der Waals surface area contributed by atoms with E-state index in [4.69, 9.17) is 4.74 Å². The van der Waals surface area contributed by atoms with E-state index in [1.165, 1.54) is 19.2 Å². The fourth-order valence-corrected chi connectivity index (χ4v) is 1.90. The van der Waals surface area contributed by atoms with Crippen molar-refractivity contribution in [3.63, 3.8) is 0 Å². The van der Waals surface area contributed by atoms with Gasteiger partial charge in [0, 0.05) is 0 Å². The minimum Gasteiger partial charge on any atom is -0.492 e. The Morgan fingerprint density at radius 3 is 2.67 bits per heavy atom. The predicted molar refractivity (Wildman–Crippen MR) is 72.6 cm³/mol. The first kappa shape index (κ1) is 15.0. The van der Waals surface area contributed by atoms with Crippen LogP contribution in [-0.4, -0.2) is 34.7 Å². The van der Waals surface area contributed by atoms with E-state index < -0.39 is 5.97 Å². The summed E-state index contributed by atoms with van der Waals surface area (Å²) < 4.78 is 24.5. The fraction of sp³-hybridized carbons (Fsp3) is 0.357. The molecule has 6 nitrogen and oxygen atoms in total. The van der Waals surface area contributed by atoms with E-state index in [9.17, 15) is 9.18 Å². The first-order valence-electron chi connectivity index (χ1n) is 6.54. The van der Waals surface area contributed by atoms with Crippen LogP contribution in [0.3, 0.4) is 0 Å². The van der Waals surface area contributed by atoms with Crippen molar-refractivity contribution in [3.8, 4) is 5.75 Å². The predicted octanol–water partition coefficient (Wildman–Crippen LogP) is 1.85. The van der Waals surface area contributed by atoms with Gasteiger partial charge < -0.3 is 9.47 Å². The molecule has 0 bridgehead atoms. The molecule has 0 amide bonds. The summed E-state index contributed by atoms with van der Waals surface area (Å²) >= 11 is 0. The first-order valence-corrected chi connectivity index (χ1v) is 6.54. The zero-order valence-corrected chi connectivity index (χ0v) is 11.9. The Kier molecular flexibility index (Phi) is 4.86. The Balaban J connectivity index is 1.98. The van der Waals surface area contributed by atoms with E-state index in [2.05, 4.69) is 15.0 Å². The van der Waals surface area contributed by atoms with Crippen molar-refractivity contribution in [2.75, 3.05) is 13.7 Å². The highest BCUT2D eigenvalue weighted by atomic mass is 19.1. The molecule has 0 aliphatic heterocycles. The third-order valence-corrected chi connectivity index (χ3v) is 2.94. The molecular weight excluding hydrogens is 277 g/mol. The average Bonchev–Trinajstić information content (AvgIpc) is 2.91. The molecule has 0 saturated heterocycles. The van der Waals surface area contributed by atoms with Gasteiger partial charge in [-0.25, -0.2) is 13.9 Å². The molecule has 21 heavy (non-hydrogen) atoms. The van der Waals surface area contributed by atoms with Crippen molar-refractivity contribution >= 4 is 5.97 Å². The molecule has 0 saturated carbocycles. The lowest BCUT2D eigenvalue weighted by Crippen LogP contribution is -2.13. The Morgan fingerprint density at radius 2 is 2.05 bits per heavy atom. The van der Waals surface area contributed by atoms with Crippen LogP contribution in [0.4, 0.5) is 4.39 Å². The number of esters is 1. The normalized spacial score (nSPS) is 10.4. The van der Waals surface area contributed by atoms with Crippen LogP contribution in [0.15, 0.2) is 24.3 Å². The Hall–Kier alpha value is -2.44. The Bertz CT molecular complexity index is 610. The number of aromatic nitrogens is 3. The van der Waals surface area contributed by atoms with E-state index in [0.29, 0.717) is 31.0 Å². The standard InChI is InChI=1S/C14H16FN3O3/c1-3-12-13(14(19)20-2)16-17-18(12)8-9-21-11-6-4-10(15)5-7-11/h4-7H,3,8-9H2,1-2H3. The Morgan fingerprint density at radius 1 is 1.33 bits per heavy atom. The molecule has 0 spiro atoms. The highest BCUT2D eigenvalue weighted by molar-refractivity contribution is 5.88. The van der Waals surface area contributed by atoms with E-state index in [1.807, 2.05) is 6.92 Å². The summed E-state index contributed by atoms with van der Waals surface area (Å²) in [5, 5.41) is 7.76. The lowest BCUT2D eigenvalue weighted by Gasteiger charge is -2.08. The summed E-state index contributed by atoms with van der Waals surface area (Å²) in [6.45, 7) is 2.68. The topological polar surface area (TPSA) is 66.2 Å². The van der Waals surface area contributed by atoms with Gasteiger partial charge in [0.05, 0.1) is 19.3 Å². The number of benzene rings is 1. The Labute approximate surface area is 121 Å². The van der Waals surface area contributed by atoms with Crippen LogP contribution >= 0.6 is 0 Å². The second kappa shape index (κ2) is 6.83. The van der Waals surface area contributed by atoms with Crippen LogP contribution in [0.25, 0.3) is 0 Å². The summed E-state index contributed by atoms with van der Waals surface area (Å²) in [6.07, 6.45) is 0.605. The van der Waals surface area contributed by atoms with E-state index in [-0.39, 0.29) is 11.5 Å². The first-order chi connectivity index (χ1) is 10.2. The molecule has 0 atom stereocenters. The maximum atomic E-state index is 12.8. The summed E-state index contributed by atoms with van der Waals surface area (Å²) in [4.78, 5) is 11.5. The van der Waals surface area contributed by atoms with Gasteiger partial charge in [-0.1, -0.05) is 12.1 Å². The van der Waals surface area contributed by atoms with Gasteiger partial charge in [0.2, 0.25) is 0 Å². The third-order valence-electron chi connectivity index (χ3n) is 2.94. The second-order valence-corrected chi connectivity index (χ2v) is 4.26. The molecule has 0 radical (unpaired) electrons. The molecular formula is C14H16FN3O3. The van der Waals surface area contributed by atoms with Crippen LogP contribution in [0.5, 0.6) is 5.75 Å². The zero-order valence-electron chi connectivity index (χ0n) is 11.9. The molecule has 2 aromatic rings. The average molecular weight is 293 g/mol. The summed E-state index contributed by atoms with van der Waals surface area (Å²) in [5.41, 5.74) is 0.923.